The van der Waals surface area contributed by atoms with Crippen molar-refractivity contribution in [3.63, 3.8) is 0 Å². The Hall–Kier alpha value is -1.69. The van der Waals surface area contributed by atoms with Crippen molar-refractivity contribution in [2.24, 2.45) is 0 Å². The summed E-state index contributed by atoms with van der Waals surface area (Å²) in [5, 5.41) is 0. The first-order valence-electron chi connectivity index (χ1n) is 5.41. The molecule has 0 N–H and O–H groups in total. The van der Waals surface area contributed by atoms with E-state index in [0.717, 1.165) is 16.2 Å². The molecular weight excluding hydrogens is 275 g/mol. The van der Waals surface area contributed by atoms with E-state index in [1.165, 1.54) is 24.0 Å². The van der Waals surface area contributed by atoms with Gasteiger partial charge < -0.3 is 4.74 Å². The van der Waals surface area contributed by atoms with E-state index in [-0.39, 0.29) is 0 Å². The molecule has 0 aliphatic carbocycles. The topological polar surface area (TPSA) is 22.1 Å². The predicted molar refractivity (Wildman–Crippen MR) is 66.9 cm³/mol. The van der Waals surface area contributed by atoms with Crippen LogP contribution in [0.5, 0.6) is 5.88 Å². The second-order valence-corrected chi connectivity index (χ2v) is 4.70. The first-order valence-corrected chi connectivity index (χ1v) is 6.40. The van der Waals surface area contributed by atoms with Gasteiger partial charge in [-0.05, 0) is 11.6 Å². The summed E-state index contributed by atoms with van der Waals surface area (Å²) in [5.74, 6) is 0.290. The normalized spacial score (nSPS) is 11.3. The second-order valence-electron chi connectivity index (χ2n) is 3.65. The quantitative estimate of drug-likeness (QED) is 0.783. The fourth-order valence-corrected chi connectivity index (χ4v) is 2.19. The lowest BCUT2D eigenvalue weighted by Crippen LogP contribution is -2.17. The number of alkyl halides is 3. The highest BCUT2D eigenvalue weighted by Crippen LogP contribution is 2.25. The molecule has 1 aromatic heterocycles. The van der Waals surface area contributed by atoms with Crippen LogP contribution in [0.25, 0.3) is 0 Å². The van der Waals surface area contributed by atoms with Crippen molar-refractivity contribution in [2.75, 3.05) is 0 Å². The van der Waals surface area contributed by atoms with E-state index in [4.69, 9.17) is 0 Å². The summed E-state index contributed by atoms with van der Waals surface area (Å²) in [6.07, 6.45) is -3.33. The maximum atomic E-state index is 11.9. The first kappa shape index (κ1) is 13.7. The van der Waals surface area contributed by atoms with Gasteiger partial charge in [-0.15, -0.1) is 24.9 Å². The minimum atomic E-state index is -4.70. The third-order valence-electron chi connectivity index (χ3n) is 2.18. The Kier molecular flexibility index (Phi) is 4.31. The number of benzene rings is 1. The van der Waals surface area contributed by atoms with Crippen LogP contribution in [0, 0.1) is 0 Å². The van der Waals surface area contributed by atoms with Crippen LogP contribution in [0.3, 0.4) is 0 Å². The van der Waals surface area contributed by atoms with Crippen molar-refractivity contribution >= 4 is 11.8 Å². The van der Waals surface area contributed by atoms with Crippen molar-refractivity contribution in [3.8, 4) is 5.88 Å². The maximum Gasteiger partial charge on any atom is 0.574 e. The second kappa shape index (κ2) is 5.97. The molecule has 0 radical (unpaired) electrons. The summed E-state index contributed by atoms with van der Waals surface area (Å²) >= 11 is 1.50. The highest BCUT2D eigenvalue weighted by molar-refractivity contribution is 7.98. The Morgan fingerprint density at radius 2 is 1.79 bits per heavy atom. The lowest BCUT2D eigenvalue weighted by atomic mass is 10.2. The lowest BCUT2D eigenvalue weighted by molar-refractivity contribution is -0.276. The average molecular weight is 285 g/mol. The van der Waals surface area contributed by atoms with Crippen LogP contribution >= 0.6 is 11.8 Å². The van der Waals surface area contributed by atoms with Crippen LogP contribution in [0.4, 0.5) is 13.2 Å². The molecule has 2 aromatic rings. The zero-order valence-electron chi connectivity index (χ0n) is 9.72. The molecule has 1 heterocycles. The summed E-state index contributed by atoms with van der Waals surface area (Å²) in [5.41, 5.74) is 1.14. The third kappa shape index (κ3) is 4.82. The molecule has 0 unspecified atom stereocenters. The molecule has 1 aromatic carbocycles. The third-order valence-corrected chi connectivity index (χ3v) is 3.23. The SMILES string of the molecule is FC(F)(F)Oc1ccc(SCc2ccccc2)cn1. The minimum Gasteiger partial charge on any atom is -0.388 e. The molecular formula is C13H10F3NOS. The smallest absolute Gasteiger partial charge is 0.388 e. The Labute approximate surface area is 112 Å². The summed E-state index contributed by atoms with van der Waals surface area (Å²) in [6, 6.07) is 12.5. The van der Waals surface area contributed by atoms with Gasteiger partial charge in [-0.3, -0.25) is 0 Å². The first-order chi connectivity index (χ1) is 9.03. The molecule has 0 bridgehead atoms. The molecule has 0 saturated heterocycles. The van der Waals surface area contributed by atoms with Gasteiger partial charge in [0.25, 0.3) is 0 Å². The van der Waals surface area contributed by atoms with Gasteiger partial charge in [0.05, 0.1) is 0 Å². The number of thioether (sulfide) groups is 1. The minimum absolute atomic E-state index is 0.448. The van der Waals surface area contributed by atoms with E-state index in [9.17, 15) is 13.2 Å². The zero-order chi connectivity index (χ0) is 13.7. The molecule has 0 saturated carbocycles. The Morgan fingerprint density at radius 3 is 2.37 bits per heavy atom. The number of nitrogens with zero attached hydrogens (tertiary/aromatic N) is 1. The lowest BCUT2D eigenvalue weighted by Gasteiger charge is -2.08. The molecule has 6 heteroatoms. The standard InChI is InChI=1S/C13H10F3NOS/c14-13(15,16)18-12-7-6-11(8-17-12)19-9-10-4-2-1-3-5-10/h1-8H,9H2. The number of hydrogen-bond donors (Lipinski definition) is 0. The van der Waals surface area contributed by atoms with Crippen molar-refractivity contribution in [1.82, 2.24) is 4.98 Å². The Balaban J connectivity index is 1.92. The number of aromatic nitrogens is 1. The van der Waals surface area contributed by atoms with Gasteiger partial charge in [0.1, 0.15) is 0 Å². The molecule has 0 aliphatic heterocycles. The van der Waals surface area contributed by atoms with Crippen molar-refractivity contribution < 1.29 is 17.9 Å². The number of hydrogen-bond acceptors (Lipinski definition) is 3. The molecule has 2 nitrogen and oxygen atoms in total. The van der Waals surface area contributed by atoms with Gasteiger partial charge in [0, 0.05) is 22.9 Å². The van der Waals surface area contributed by atoms with Gasteiger partial charge in [0.15, 0.2) is 0 Å². The van der Waals surface area contributed by atoms with E-state index in [2.05, 4.69) is 9.72 Å². The summed E-state index contributed by atoms with van der Waals surface area (Å²) in [6.45, 7) is 0. The van der Waals surface area contributed by atoms with Crippen molar-refractivity contribution in [1.29, 1.82) is 0 Å². The maximum absolute atomic E-state index is 11.9. The summed E-state index contributed by atoms with van der Waals surface area (Å²) < 4.78 is 39.5. The Morgan fingerprint density at radius 1 is 1.05 bits per heavy atom. The van der Waals surface area contributed by atoms with Crippen molar-refractivity contribution in [3.05, 3.63) is 54.2 Å². The highest BCUT2D eigenvalue weighted by Gasteiger charge is 2.31. The Bertz CT molecular complexity index is 514. The molecule has 0 amide bonds. The van der Waals surface area contributed by atoms with Crippen LogP contribution < -0.4 is 4.74 Å². The van der Waals surface area contributed by atoms with Gasteiger partial charge in [-0.1, -0.05) is 30.3 Å². The summed E-state index contributed by atoms with van der Waals surface area (Å²) in [7, 11) is 0. The van der Waals surface area contributed by atoms with E-state index in [1.54, 1.807) is 6.07 Å². The fraction of sp³-hybridized carbons (Fsp3) is 0.154. The van der Waals surface area contributed by atoms with Crippen LogP contribution in [0.2, 0.25) is 0 Å². The van der Waals surface area contributed by atoms with E-state index < -0.39 is 12.2 Å². The zero-order valence-corrected chi connectivity index (χ0v) is 10.5. The molecule has 2 rings (SSSR count). The molecule has 100 valence electrons. The highest BCUT2D eigenvalue weighted by atomic mass is 32.2. The molecule has 19 heavy (non-hydrogen) atoms. The summed E-state index contributed by atoms with van der Waals surface area (Å²) in [4.78, 5) is 4.40. The van der Waals surface area contributed by atoms with Gasteiger partial charge >= 0.3 is 6.36 Å². The molecule has 0 fully saturated rings. The average Bonchev–Trinajstić information content (AvgIpc) is 2.37. The van der Waals surface area contributed by atoms with Gasteiger partial charge in [-0.25, -0.2) is 4.98 Å². The van der Waals surface area contributed by atoms with Gasteiger partial charge in [-0.2, -0.15) is 0 Å². The molecule has 0 aliphatic rings. The van der Waals surface area contributed by atoms with E-state index in [0.29, 0.717) is 0 Å². The van der Waals surface area contributed by atoms with Gasteiger partial charge in [0.2, 0.25) is 5.88 Å². The van der Waals surface area contributed by atoms with Crippen LogP contribution in [0.15, 0.2) is 53.6 Å². The number of pyridine rings is 1. The van der Waals surface area contributed by atoms with Crippen LogP contribution in [0.1, 0.15) is 5.56 Å². The molecule has 0 atom stereocenters. The van der Waals surface area contributed by atoms with Crippen molar-refractivity contribution in [2.45, 2.75) is 17.0 Å². The molecule has 0 spiro atoms. The number of rotatable bonds is 4. The van der Waals surface area contributed by atoms with Crippen LogP contribution in [-0.4, -0.2) is 11.3 Å². The van der Waals surface area contributed by atoms with E-state index >= 15 is 0 Å². The van der Waals surface area contributed by atoms with E-state index in [1.807, 2.05) is 30.3 Å². The number of halogens is 3. The monoisotopic (exact) mass is 285 g/mol. The fourth-order valence-electron chi connectivity index (χ4n) is 1.37. The largest absolute Gasteiger partial charge is 0.574 e. The predicted octanol–water partition coefficient (Wildman–Crippen LogP) is 4.27. The number of ether oxygens (including phenoxy) is 1. The van der Waals surface area contributed by atoms with Crippen LogP contribution in [-0.2, 0) is 5.75 Å².